The van der Waals surface area contributed by atoms with E-state index in [1.165, 1.54) is 0 Å². The van der Waals surface area contributed by atoms with E-state index in [1.807, 2.05) is 35.2 Å². The van der Waals surface area contributed by atoms with Crippen molar-refractivity contribution in [2.45, 2.75) is 23.5 Å². The van der Waals surface area contributed by atoms with Crippen molar-refractivity contribution >= 4 is 29.0 Å². The lowest BCUT2D eigenvalue weighted by Crippen LogP contribution is -2.32. The SMILES string of the molecule is O=C(NCC1(CO)CC1)c1ccccc1SCc1cscn1. The van der Waals surface area contributed by atoms with Crippen LogP contribution in [0.3, 0.4) is 0 Å². The topological polar surface area (TPSA) is 62.2 Å². The molecule has 0 aliphatic heterocycles. The van der Waals surface area contributed by atoms with Gasteiger partial charge in [0.25, 0.3) is 5.91 Å². The minimum atomic E-state index is -0.0711. The third-order valence-corrected chi connectivity index (χ3v) is 5.65. The number of aliphatic hydroxyl groups excluding tert-OH is 1. The van der Waals surface area contributed by atoms with Crippen molar-refractivity contribution < 1.29 is 9.90 Å². The molecule has 0 unspecified atom stereocenters. The summed E-state index contributed by atoms with van der Waals surface area (Å²) in [5.74, 6) is 0.690. The van der Waals surface area contributed by atoms with Crippen LogP contribution in [0.2, 0.25) is 0 Å². The van der Waals surface area contributed by atoms with Gasteiger partial charge in [-0.15, -0.1) is 23.1 Å². The summed E-state index contributed by atoms with van der Waals surface area (Å²) < 4.78 is 0. The van der Waals surface area contributed by atoms with Crippen molar-refractivity contribution in [2.75, 3.05) is 13.2 Å². The van der Waals surface area contributed by atoms with Gasteiger partial charge in [0.1, 0.15) is 0 Å². The molecule has 1 fully saturated rings. The first kappa shape index (κ1) is 15.5. The minimum absolute atomic E-state index is 0.0684. The van der Waals surface area contributed by atoms with Gasteiger partial charge in [-0.25, -0.2) is 4.98 Å². The standard InChI is InChI=1S/C16H18N2O2S2/c19-10-16(5-6-16)9-17-15(20)13-3-1-2-4-14(13)22-8-12-7-21-11-18-12/h1-4,7,11,19H,5-6,8-10H2,(H,17,20). The van der Waals surface area contributed by atoms with Crippen molar-refractivity contribution in [3.63, 3.8) is 0 Å². The van der Waals surface area contributed by atoms with Gasteiger partial charge in [-0.2, -0.15) is 0 Å². The lowest BCUT2D eigenvalue weighted by Gasteiger charge is -2.14. The lowest BCUT2D eigenvalue weighted by molar-refractivity contribution is 0.0932. The summed E-state index contributed by atoms with van der Waals surface area (Å²) in [4.78, 5) is 17.6. The van der Waals surface area contributed by atoms with Gasteiger partial charge in [0, 0.05) is 28.0 Å². The van der Waals surface area contributed by atoms with Gasteiger partial charge in [0.05, 0.1) is 23.4 Å². The highest BCUT2D eigenvalue weighted by Gasteiger charge is 2.42. The Kier molecular flexibility index (Phi) is 4.81. The molecule has 1 heterocycles. The average Bonchev–Trinajstić information content (AvgIpc) is 3.16. The van der Waals surface area contributed by atoms with E-state index in [9.17, 15) is 9.90 Å². The number of aliphatic hydroxyl groups is 1. The summed E-state index contributed by atoms with van der Waals surface area (Å²) >= 11 is 3.20. The van der Waals surface area contributed by atoms with Gasteiger partial charge >= 0.3 is 0 Å². The molecule has 1 aliphatic rings. The van der Waals surface area contributed by atoms with E-state index < -0.39 is 0 Å². The highest BCUT2D eigenvalue weighted by Crippen LogP contribution is 2.44. The molecule has 2 N–H and O–H groups in total. The largest absolute Gasteiger partial charge is 0.396 e. The van der Waals surface area contributed by atoms with Gasteiger partial charge in [-0.3, -0.25) is 4.79 Å². The van der Waals surface area contributed by atoms with Crippen LogP contribution in [0.1, 0.15) is 28.9 Å². The monoisotopic (exact) mass is 334 g/mol. The molecular formula is C16H18N2O2S2. The molecule has 0 saturated heterocycles. The summed E-state index contributed by atoms with van der Waals surface area (Å²) in [6, 6.07) is 7.62. The van der Waals surface area contributed by atoms with Crippen LogP contribution in [0, 0.1) is 5.41 Å². The zero-order valence-corrected chi connectivity index (χ0v) is 13.8. The summed E-state index contributed by atoms with van der Waals surface area (Å²) in [6.45, 7) is 0.695. The second-order valence-corrected chi connectivity index (χ2v) is 7.34. The van der Waals surface area contributed by atoms with Gasteiger partial charge < -0.3 is 10.4 Å². The normalized spacial score (nSPS) is 15.5. The molecule has 1 saturated carbocycles. The molecule has 116 valence electrons. The molecule has 0 bridgehead atoms. The zero-order valence-electron chi connectivity index (χ0n) is 12.1. The van der Waals surface area contributed by atoms with E-state index in [1.54, 1.807) is 23.1 Å². The van der Waals surface area contributed by atoms with E-state index in [-0.39, 0.29) is 17.9 Å². The number of thioether (sulfide) groups is 1. The quantitative estimate of drug-likeness (QED) is 0.764. The second kappa shape index (κ2) is 6.81. The van der Waals surface area contributed by atoms with E-state index >= 15 is 0 Å². The number of amides is 1. The highest BCUT2D eigenvalue weighted by atomic mass is 32.2. The van der Waals surface area contributed by atoms with E-state index in [2.05, 4.69) is 10.3 Å². The molecule has 2 aromatic rings. The van der Waals surface area contributed by atoms with Gasteiger partial charge in [-0.1, -0.05) is 12.1 Å². The number of carbonyl (C=O) groups excluding carboxylic acids is 1. The summed E-state index contributed by atoms with van der Waals surface area (Å²) in [6.07, 6.45) is 1.98. The maximum atomic E-state index is 12.4. The van der Waals surface area contributed by atoms with E-state index in [4.69, 9.17) is 0 Å². The fourth-order valence-electron chi connectivity index (χ4n) is 2.17. The third kappa shape index (κ3) is 3.69. The first-order chi connectivity index (χ1) is 10.7. The molecule has 1 amide bonds. The molecule has 1 aromatic carbocycles. The Morgan fingerprint density at radius 2 is 2.23 bits per heavy atom. The average molecular weight is 334 g/mol. The van der Waals surface area contributed by atoms with Crippen molar-refractivity contribution in [1.82, 2.24) is 10.3 Å². The van der Waals surface area contributed by atoms with E-state index in [0.29, 0.717) is 12.1 Å². The highest BCUT2D eigenvalue weighted by molar-refractivity contribution is 7.98. The van der Waals surface area contributed by atoms with Crippen molar-refractivity contribution in [3.8, 4) is 0 Å². The van der Waals surface area contributed by atoms with Gasteiger partial charge in [0.2, 0.25) is 0 Å². The number of thiazole rings is 1. The predicted octanol–water partition coefficient (Wildman–Crippen LogP) is 2.94. The second-order valence-electron chi connectivity index (χ2n) is 5.61. The molecule has 6 heteroatoms. The maximum Gasteiger partial charge on any atom is 0.252 e. The van der Waals surface area contributed by atoms with Crippen LogP contribution < -0.4 is 5.32 Å². The number of rotatable bonds is 7. The predicted molar refractivity (Wildman–Crippen MR) is 89.2 cm³/mol. The third-order valence-electron chi connectivity index (χ3n) is 3.91. The molecule has 22 heavy (non-hydrogen) atoms. The number of aromatic nitrogens is 1. The number of nitrogens with one attached hydrogen (secondary N) is 1. The number of hydrogen-bond acceptors (Lipinski definition) is 5. The van der Waals surface area contributed by atoms with Crippen LogP contribution >= 0.6 is 23.1 Å². The molecule has 3 rings (SSSR count). The van der Waals surface area contributed by atoms with Crippen LogP contribution in [-0.2, 0) is 5.75 Å². The van der Waals surface area contributed by atoms with Gasteiger partial charge in [-0.05, 0) is 25.0 Å². The molecule has 0 radical (unpaired) electrons. The maximum absolute atomic E-state index is 12.4. The lowest BCUT2D eigenvalue weighted by atomic mass is 10.1. The number of nitrogens with zero attached hydrogens (tertiary/aromatic N) is 1. The summed E-state index contributed by atoms with van der Waals surface area (Å²) in [5.41, 5.74) is 3.47. The Labute approximate surface area is 138 Å². The Hall–Kier alpha value is -1.37. The fourth-order valence-corrected chi connectivity index (χ4v) is 3.79. The number of hydrogen-bond donors (Lipinski definition) is 2. The van der Waals surface area contributed by atoms with Crippen LogP contribution in [0.4, 0.5) is 0 Å². The number of benzene rings is 1. The Balaban J connectivity index is 1.63. The van der Waals surface area contributed by atoms with Crippen molar-refractivity contribution in [1.29, 1.82) is 0 Å². The smallest absolute Gasteiger partial charge is 0.252 e. The summed E-state index contributed by atoms with van der Waals surface area (Å²) in [5, 5.41) is 14.3. The molecule has 1 aromatic heterocycles. The Bertz CT molecular complexity index is 639. The first-order valence-corrected chi connectivity index (χ1v) is 9.13. The van der Waals surface area contributed by atoms with Gasteiger partial charge in [0.15, 0.2) is 0 Å². The summed E-state index contributed by atoms with van der Waals surface area (Å²) in [7, 11) is 0. The van der Waals surface area contributed by atoms with Crippen LogP contribution in [0.25, 0.3) is 0 Å². The van der Waals surface area contributed by atoms with Crippen molar-refractivity contribution in [3.05, 3.63) is 46.4 Å². The Morgan fingerprint density at radius 3 is 2.91 bits per heavy atom. The molecule has 0 atom stereocenters. The molecular weight excluding hydrogens is 316 g/mol. The Morgan fingerprint density at radius 1 is 1.41 bits per heavy atom. The number of carbonyl (C=O) groups is 1. The van der Waals surface area contributed by atoms with Crippen LogP contribution in [0.15, 0.2) is 40.1 Å². The molecule has 0 spiro atoms. The first-order valence-electron chi connectivity index (χ1n) is 7.20. The van der Waals surface area contributed by atoms with Crippen molar-refractivity contribution in [2.24, 2.45) is 5.41 Å². The van der Waals surface area contributed by atoms with E-state index in [0.717, 1.165) is 29.2 Å². The van der Waals surface area contributed by atoms with Crippen LogP contribution in [0.5, 0.6) is 0 Å². The zero-order chi connectivity index (χ0) is 15.4. The minimum Gasteiger partial charge on any atom is -0.396 e. The molecule has 4 nitrogen and oxygen atoms in total. The fraction of sp³-hybridized carbons (Fsp3) is 0.375. The van der Waals surface area contributed by atoms with Crippen LogP contribution in [-0.4, -0.2) is 29.1 Å². The molecule has 1 aliphatic carbocycles.